The Morgan fingerprint density at radius 3 is 2.43 bits per heavy atom. The van der Waals surface area contributed by atoms with Gasteiger partial charge in [0.05, 0.1) is 0 Å². The van der Waals surface area contributed by atoms with Crippen molar-refractivity contribution < 1.29 is 13.6 Å². The number of benzene rings is 2. The van der Waals surface area contributed by atoms with Crippen molar-refractivity contribution in [2.75, 3.05) is 0 Å². The molecule has 0 radical (unpaired) electrons. The van der Waals surface area contributed by atoms with Gasteiger partial charge in [-0.05, 0) is 42.7 Å². The number of nitrogens with zero attached hydrogens (tertiary/aromatic N) is 2. The van der Waals surface area contributed by atoms with Gasteiger partial charge in [0, 0.05) is 11.5 Å². The van der Waals surface area contributed by atoms with E-state index >= 15 is 0 Å². The van der Waals surface area contributed by atoms with Crippen molar-refractivity contribution >= 4 is 5.91 Å². The molecule has 1 aliphatic carbocycles. The van der Waals surface area contributed by atoms with Crippen LogP contribution in [0.5, 0.6) is 0 Å². The lowest BCUT2D eigenvalue weighted by molar-refractivity contribution is -0.126. The summed E-state index contributed by atoms with van der Waals surface area (Å²) < 4.78 is 19.3. The summed E-state index contributed by atoms with van der Waals surface area (Å²) in [6.45, 7) is 0. The smallest absolute Gasteiger partial charge is 0.247 e. The summed E-state index contributed by atoms with van der Waals surface area (Å²) in [5.41, 5.74) is 1.51. The summed E-state index contributed by atoms with van der Waals surface area (Å²) in [6, 6.07) is 14.8. The minimum absolute atomic E-state index is 0.00628. The Morgan fingerprint density at radius 2 is 1.71 bits per heavy atom. The Morgan fingerprint density at radius 1 is 1.00 bits per heavy atom. The van der Waals surface area contributed by atoms with E-state index in [2.05, 4.69) is 15.5 Å². The third kappa shape index (κ3) is 4.11. The Kier molecular flexibility index (Phi) is 5.46. The first-order valence-corrected chi connectivity index (χ1v) is 9.65. The molecule has 1 saturated carbocycles. The van der Waals surface area contributed by atoms with E-state index < -0.39 is 6.04 Å². The molecule has 1 atom stereocenters. The second kappa shape index (κ2) is 8.33. The topological polar surface area (TPSA) is 68.0 Å². The molecule has 0 spiro atoms. The molecule has 28 heavy (non-hydrogen) atoms. The molecule has 1 N–H and O–H groups in total. The van der Waals surface area contributed by atoms with Gasteiger partial charge < -0.3 is 9.73 Å². The van der Waals surface area contributed by atoms with Crippen LogP contribution in [0.4, 0.5) is 4.39 Å². The molecule has 1 fully saturated rings. The number of rotatable bonds is 5. The van der Waals surface area contributed by atoms with Crippen LogP contribution in [-0.4, -0.2) is 16.1 Å². The molecule has 144 valence electrons. The first-order chi connectivity index (χ1) is 13.7. The Bertz CT molecular complexity index is 918. The highest BCUT2D eigenvalue weighted by atomic mass is 19.1. The number of hydrogen-bond acceptors (Lipinski definition) is 4. The molecule has 1 unspecified atom stereocenters. The third-order valence-electron chi connectivity index (χ3n) is 5.17. The van der Waals surface area contributed by atoms with Gasteiger partial charge in [0.1, 0.15) is 11.9 Å². The summed E-state index contributed by atoms with van der Waals surface area (Å²) in [4.78, 5) is 12.8. The predicted molar refractivity (Wildman–Crippen MR) is 103 cm³/mol. The number of carbonyl (C=O) groups is 1. The van der Waals surface area contributed by atoms with Crippen LogP contribution in [0.1, 0.15) is 49.6 Å². The zero-order valence-corrected chi connectivity index (χ0v) is 15.5. The molecule has 1 aliphatic rings. The SMILES string of the molecule is O=C(NC(c1ccc(F)cc1)c1nnc(-c2ccccc2)o1)C1CCCCC1. The van der Waals surface area contributed by atoms with Crippen LogP contribution in [0, 0.1) is 11.7 Å². The Balaban J connectivity index is 1.62. The standard InChI is InChI=1S/C22H22FN3O2/c23-18-13-11-15(12-14-18)19(24-20(27)16-7-3-1-4-8-16)22-26-25-21(28-22)17-9-5-2-6-10-17/h2,5-6,9-14,16,19H,1,3-4,7-8H2,(H,24,27). The number of amides is 1. The van der Waals surface area contributed by atoms with E-state index in [0.717, 1.165) is 31.2 Å². The van der Waals surface area contributed by atoms with Gasteiger partial charge in [0.2, 0.25) is 17.7 Å². The summed E-state index contributed by atoms with van der Waals surface area (Å²) in [6.07, 6.45) is 5.09. The van der Waals surface area contributed by atoms with Crippen molar-refractivity contribution in [1.82, 2.24) is 15.5 Å². The van der Waals surface area contributed by atoms with Gasteiger partial charge in [-0.1, -0.05) is 49.6 Å². The molecule has 6 heteroatoms. The molecule has 1 heterocycles. The normalized spacial score (nSPS) is 15.9. The maximum atomic E-state index is 13.4. The highest BCUT2D eigenvalue weighted by Gasteiger charge is 2.28. The fraction of sp³-hybridized carbons (Fsp3) is 0.318. The summed E-state index contributed by atoms with van der Waals surface area (Å²) in [7, 11) is 0. The van der Waals surface area contributed by atoms with Gasteiger partial charge >= 0.3 is 0 Å². The van der Waals surface area contributed by atoms with E-state index in [0.29, 0.717) is 11.5 Å². The number of carbonyl (C=O) groups excluding carboxylic acids is 1. The second-order valence-corrected chi connectivity index (χ2v) is 7.14. The van der Waals surface area contributed by atoms with Gasteiger partial charge in [-0.3, -0.25) is 4.79 Å². The molecule has 2 aromatic carbocycles. The fourth-order valence-electron chi connectivity index (χ4n) is 3.62. The Hall–Kier alpha value is -3.02. The van der Waals surface area contributed by atoms with Crippen LogP contribution in [0.15, 0.2) is 59.0 Å². The minimum atomic E-state index is -0.611. The van der Waals surface area contributed by atoms with Gasteiger partial charge in [0.25, 0.3) is 0 Å². The molecular formula is C22H22FN3O2. The van der Waals surface area contributed by atoms with Crippen molar-refractivity contribution in [2.45, 2.75) is 38.1 Å². The molecule has 3 aromatic rings. The molecule has 4 rings (SSSR count). The summed E-state index contributed by atoms with van der Waals surface area (Å²) in [5.74, 6) is 0.308. The molecule has 1 aromatic heterocycles. The monoisotopic (exact) mass is 379 g/mol. The largest absolute Gasteiger partial charge is 0.418 e. The van der Waals surface area contributed by atoms with E-state index in [-0.39, 0.29) is 23.5 Å². The van der Waals surface area contributed by atoms with Crippen molar-refractivity contribution in [3.05, 3.63) is 71.9 Å². The van der Waals surface area contributed by atoms with Gasteiger partial charge in [-0.15, -0.1) is 10.2 Å². The highest BCUT2D eigenvalue weighted by molar-refractivity contribution is 5.79. The molecule has 0 bridgehead atoms. The van der Waals surface area contributed by atoms with E-state index in [9.17, 15) is 9.18 Å². The molecule has 1 amide bonds. The average Bonchev–Trinajstić information content (AvgIpc) is 3.24. The van der Waals surface area contributed by atoms with E-state index in [1.54, 1.807) is 12.1 Å². The van der Waals surface area contributed by atoms with Gasteiger partial charge in [0.15, 0.2) is 0 Å². The van der Waals surface area contributed by atoms with Crippen molar-refractivity contribution in [1.29, 1.82) is 0 Å². The number of hydrogen-bond donors (Lipinski definition) is 1. The van der Waals surface area contributed by atoms with E-state index in [1.165, 1.54) is 18.6 Å². The Labute approximate surface area is 163 Å². The van der Waals surface area contributed by atoms with Crippen molar-refractivity contribution in [3.63, 3.8) is 0 Å². The lowest BCUT2D eigenvalue weighted by Gasteiger charge is -2.23. The number of aromatic nitrogens is 2. The zero-order chi connectivity index (χ0) is 19.3. The molecule has 5 nitrogen and oxygen atoms in total. The first kappa shape index (κ1) is 18.3. The zero-order valence-electron chi connectivity index (χ0n) is 15.5. The van der Waals surface area contributed by atoms with E-state index in [4.69, 9.17) is 4.42 Å². The maximum Gasteiger partial charge on any atom is 0.247 e. The van der Waals surface area contributed by atoms with Crippen LogP contribution in [0.2, 0.25) is 0 Å². The third-order valence-corrected chi connectivity index (χ3v) is 5.17. The lowest BCUT2D eigenvalue weighted by Crippen LogP contribution is -2.35. The van der Waals surface area contributed by atoms with Gasteiger partial charge in [-0.2, -0.15) is 0 Å². The molecular weight excluding hydrogens is 357 g/mol. The maximum absolute atomic E-state index is 13.4. The van der Waals surface area contributed by atoms with Crippen LogP contribution >= 0.6 is 0 Å². The fourth-order valence-corrected chi connectivity index (χ4v) is 3.62. The highest BCUT2D eigenvalue weighted by Crippen LogP contribution is 2.28. The summed E-state index contributed by atoms with van der Waals surface area (Å²) >= 11 is 0. The van der Waals surface area contributed by atoms with Crippen LogP contribution < -0.4 is 5.32 Å². The quantitative estimate of drug-likeness (QED) is 0.700. The first-order valence-electron chi connectivity index (χ1n) is 9.65. The van der Waals surface area contributed by atoms with Crippen molar-refractivity contribution in [3.8, 4) is 11.5 Å². The van der Waals surface area contributed by atoms with E-state index in [1.807, 2.05) is 30.3 Å². The van der Waals surface area contributed by atoms with Crippen LogP contribution in [0.3, 0.4) is 0 Å². The van der Waals surface area contributed by atoms with Crippen molar-refractivity contribution in [2.24, 2.45) is 5.92 Å². The average molecular weight is 379 g/mol. The summed E-state index contributed by atoms with van der Waals surface area (Å²) in [5, 5.41) is 11.3. The molecule has 0 aliphatic heterocycles. The van der Waals surface area contributed by atoms with Crippen LogP contribution in [-0.2, 0) is 4.79 Å². The number of nitrogens with one attached hydrogen (secondary N) is 1. The molecule has 0 saturated heterocycles. The lowest BCUT2D eigenvalue weighted by atomic mass is 9.88. The van der Waals surface area contributed by atoms with Crippen LogP contribution in [0.25, 0.3) is 11.5 Å². The minimum Gasteiger partial charge on any atom is -0.418 e. The van der Waals surface area contributed by atoms with Gasteiger partial charge in [-0.25, -0.2) is 4.39 Å². The predicted octanol–water partition coefficient (Wildman–Crippen LogP) is 4.66. The number of halogens is 1. The second-order valence-electron chi connectivity index (χ2n) is 7.14.